The Bertz CT molecular complexity index is 899. The van der Waals surface area contributed by atoms with Crippen LogP contribution < -0.4 is 25.0 Å². The largest absolute Gasteiger partial charge is 0.497 e. The first-order valence-corrected chi connectivity index (χ1v) is 9.08. The van der Waals surface area contributed by atoms with Gasteiger partial charge in [-0.2, -0.15) is 0 Å². The third kappa shape index (κ3) is 4.06. The molecule has 2 aromatic carbocycles. The van der Waals surface area contributed by atoms with E-state index in [9.17, 15) is 13.2 Å². The zero-order chi connectivity index (χ0) is 19.3. The predicted molar refractivity (Wildman–Crippen MR) is 97.6 cm³/mol. The second-order valence-electron chi connectivity index (χ2n) is 5.43. The molecule has 0 aromatic heterocycles. The van der Waals surface area contributed by atoms with Crippen LogP contribution in [0.25, 0.3) is 0 Å². The second-order valence-corrected chi connectivity index (χ2v) is 7.27. The molecule has 0 aliphatic carbocycles. The smallest absolute Gasteiger partial charge is 0.268 e. The molecule has 0 heterocycles. The van der Waals surface area contributed by atoms with Crippen molar-refractivity contribution in [3.8, 4) is 11.5 Å². The third-order valence-electron chi connectivity index (χ3n) is 3.68. The maximum atomic E-state index is 13.3. The Balaban J connectivity index is 2.63. The first kappa shape index (κ1) is 19.5. The van der Waals surface area contributed by atoms with E-state index in [1.807, 2.05) is 5.43 Å². The van der Waals surface area contributed by atoms with E-state index in [1.54, 1.807) is 37.3 Å². The lowest BCUT2D eigenvalue weighted by atomic mass is 10.2. The van der Waals surface area contributed by atoms with Crippen LogP contribution in [-0.2, 0) is 14.8 Å². The number of aryl methyl sites for hydroxylation is 1. The minimum atomic E-state index is -4.11. The van der Waals surface area contributed by atoms with Crippen molar-refractivity contribution in [1.29, 1.82) is 0 Å². The summed E-state index contributed by atoms with van der Waals surface area (Å²) >= 11 is 0. The summed E-state index contributed by atoms with van der Waals surface area (Å²) in [6.07, 6.45) is 0. The van der Waals surface area contributed by atoms with Gasteiger partial charge in [0.25, 0.3) is 15.9 Å². The highest BCUT2D eigenvalue weighted by Gasteiger charge is 2.30. The Morgan fingerprint density at radius 2 is 1.88 bits per heavy atom. The molecule has 2 rings (SSSR count). The number of carbonyl (C=O) groups is 1. The van der Waals surface area contributed by atoms with Crippen molar-refractivity contribution in [2.75, 3.05) is 25.1 Å². The number of nitrogens with one attached hydrogen (secondary N) is 1. The molecule has 0 fully saturated rings. The number of amides is 1. The average Bonchev–Trinajstić information content (AvgIpc) is 2.65. The van der Waals surface area contributed by atoms with Crippen molar-refractivity contribution in [3.63, 3.8) is 0 Å². The average molecular weight is 379 g/mol. The molecular formula is C17H21N3O5S. The topological polar surface area (TPSA) is 111 Å². The number of nitrogens with zero attached hydrogens (tertiary/aromatic N) is 1. The molecule has 0 bridgehead atoms. The van der Waals surface area contributed by atoms with Gasteiger partial charge in [0.2, 0.25) is 0 Å². The number of hydrogen-bond acceptors (Lipinski definition) is 6. The number of methoxy groups -OCH3 is 2. The number of hydrazine groups is 1. The van der Waals surface area contributed by atoms with Crippen molar-refractivity contribution in [1.82, 2.24) is 5.43 Å². The summed E-state index contributed by atoms with van der Waals surface area (Å²) in [6, 6.07) is 11.2. The number of hydrogen-bond donors (Lipinski definition) is 2. The summed E-state index contributed by atoms with van der Waals surface area (Å²) in [4.78, 5) is 11.8. The van der Waals surface area contributed by atoms with E-state index in [-0.39, 0.29) is 16.3 Å². The Hall–Kier alpha value is -2.78. The van der Waals surface area contributed by atoms with E-state index in [0.29, 0.717) is 5.75 Å². The van der Waals surface area contributed by atoms with Gasteiger partial charge in [0.15, 0.2) is 0 Å². The molecule has 8 nitrogen and oxygen atoms in total. The number of anilines is 1. The molecule has 1 amide bonds. The maximum absolute atomic E-state index is 13.3. The lowest BCUT2D eigenvalue weighted by Gasteiger charge is -2.25. The number of rotatable bonds is 7. The monoisotopic (exact) mass is 379 g/mol. The van der Waals surface area contributed by atoms with Crippen molar-refractivity contribution >= 4 is 21.6 Å². The van der Waals surface area contributed by atoms with Gasteiger partial charge in [-0.05, 0) is 36.8 Å². The van der Waals surface area contributed by atoms with Crippen molar-refractivity contribution < 1.29 is 22.7 Å². The number of ether oxygens (including phenoxy) is 2. The Morgan fingerprint density at radius 3 is 2.50 bits per heavy atom. The zero-order valence-electron chi connectivity index (χ0n) is 14.7. The zero-order valence-corrected chi connectivity index (χ0v) is 15.5. The molecule has 9 heteroatoms. The van der Waals surface area contributed by atoms with Crippen LogP contribution in [0.4, 0.5) is 5.69 Å². The van der Waals surface area contributed by atoms with Crippen molar-refractivity contribution in [2.24, 2.45) is 5.84 Å². The number of carbonyl (C=O) groups excluding carboxylic acids is 1. The quantitative estimate of drug-likeness (QED) is 0.425. The van der Waals surface area contributed by atoms with E-state index in [1.165, 1.54) is 26.4 Å². The van der Waals surface area contributed by atoms with Crippen LogP contribution in [-0.4, -0.2) is 35.1 Å². The Labute approximate surface area is 152 Å². The predicted octanol–water partition coefficient (Wildman–Crippen LogP) is 1.20. The summed E-state index contributed by atoms with van der Waals surface area (Å²) < 4.78 is 37.9. The minimum Gasteiger partial charge on any atom is -0.497 e. The third-order valence-corrected chi connectivity index (χ3v) is 5.47. The molecule has 0 atom stereocenters. The van der Waals surface area contributed by atoms with Crippen molar-refractivity contribution in [3.05, 3.63) is 48.0 Å². The van der Waals surface area contributed by atoms with Gasteiger partial charge in [0, 0.05) is 6.07 Å². The van der Waals surface area contributed by atoms with E-state index >= 15 is 0 Å². The maximum Gasteiger partial charge on any atom is 0.268 e. The molecule has 0 spiro atoms. The SMILES string of the molecule is COc1cccc(N(CC(=O)NN)S(=O)(=O)c2cc(C)ccc2OC)c1. The number of benzene rings is 2. The molecule has 0 unspecified atom stereocenters. The molecule has 0 saturated heterocycles. The van der Waals surface area contributed by atoms with Crippen LogP contribution in [0.3, 0.4) is 0 Å². The fourth-order valence-corrected chi connectivity index (χ4v) is 4.02. The second kappa shape index (κ2) is 8.07. The molecule has 3 N–H and O–H groups in total. The number of sulfonamides is 1. The standard InChI is InChI=1S/C17H21N3O5S/c1-12-7-8-15(25-3)16(9-12)26(22,23)20(11-17(21)19-18)13-5-4-6-14(10-13)24-2/h4-10H,11,18H2,1-3H3,(H,19,21). The first-order chi connectivity index (χ1) is 12.3. The van der Waals surface area contributed by atoms with Crippen LogP contribution in [0.5, 0.6) is 11.5 Å². The minimum absolute atomic E-state index is 0.0485. The lowest BCUT2D eigenvalue weighted by Crippen LogP contribution is -2.43. The van der Waals surface area contributed by atoms with E-state index in [0.717, 1.165) is 9.87 Å². The molecule has 2 aromatic rings. The Kier molecular flexibility index (Phi) is 6.06. The van der Waals surface area contributed by atoms with E-state index < -0.39 is 22.5 Å². The van der Waals surface area contributed by atoms with Crippen molar-refractivity contribution in [2.45, 2.75) is 11.8 Å². The molecule has 0 aliphatic rings. The van der Waals surface area contributed by atoms with Gasteiger partial charge < -0.3 is 9.47 Å². The van der Waals surface area contributed by atoms with Gasteiger partial charge >= 0.3 is 0 Å². The summed E-state index contributed by atoms with van der Waals surface area (Å²) in [5.74, 6) is 5.11. The molecule has 0 aliphatic heterocycles. The summed E-state index contributed by atoms with van der Waals surface area (Å²) in [7, 11) is -1.27. The molecular weight excluding hydrogens is 358 g/mol. The molecule has 26 heavy (non-hydrogen) atoms. The molecule has 0 saturated carbocycles. The normalized spacial score (nSPS) is 10.9. The van der Waals surface area contributed by atoms with E-state index in [4.69, 9.17) is 15.3 Å². The van der Waals surface area contributed by atoms with Gasteiger partial charge in [-0.3, -0.25) is 14.5 Å². The summed E-state index contributed by atoms with van der Waals surface area (Å²) in [5.41, 5.74) is 2.94. The fourth-order valence-electron chi connectivity index (χ4n) is 2.36. The van der Waals surface area contributed by atoms with Gasteiger partial charge in [-0.15, -0.1) is 0 Å². The fraction of sp³-hybridized carbons (Fsp3) is 0.235. The van der Waals surface area contributed by atoms with Crippen LogP contribution in [0.15, 0.2) is 47.4 Å². The van der Waals surface area contributed by atoms with Gasteiger partial charge in [0.1, 0.15) is 22.9 Å². The Morgan fingerprint density at radius 1 is 1.15 bits per heavy atom. The van der Waals surface area contributed by atoms with E-state index in [2.05, 4.69) is 0 Å². The highest BCUT2D eigenvalue weighted by molar-refractivity contribution is 7.93. The first-order valence-electron chi connectivity index (χ1n) is 7.64. The van der Waals surface area contributed by atoms with Gasteiger partial charge in [0.05, 0.1) is 19.9 Å². The highest BCUT2D eigenvalue weighted by Crippen LogP contribution is 2.32. The molecule has 0 radical (unpaired) electrons. The van der Waals surface area contributed by atoms with Gasteiger partial charge in [-0.1, -0.05) is 12.1 Å². The summed E-state index contributed by atoms with van der Waals surface area (Å²) in [5, 5.41) is 0. The van der Waals surface area contributed by atoms with Crippen LogP contribution in [0, 0.1) is 6.92 Å². The van der Waals surface area contributed by atoms with Crippen LogP contribution in [0.2, 0.25) is 0 Å². The highest BCUT2D eigenvalue weighted by atomic mass is 32.2. The van der Waals surface area contributed by atoms with Gasteiger partial charge in [-0.25, -0.2) is 14.3 Å². The lowest BCUT2D eigenvalue weighted by molar-refractivity contribution is -0.119. The van der Waals surface area contributed by atoms with Crippen LogP contribution in [0.1, 0.15) is 5.56 Å². The van der Waals surface area contributed by atoms with Crippen LogP contribution >= 0.6 is 0 Å². The summed E-state index contributed by atoms with van der Waals surface area (Å²) in [6.45, 7) is 1.27. The molecule has 140 valence electrons. The number of nitrogens with two attached hydrogens (primary N) is 1.